The number of aliphatic imine (C=N–C) groups is 1. The first-order valence-corrected chi connectivity index (χ1v) is 15.6. The summed E-state index contributed by atoms with van der Waals surface area (Å²) in [5.74, 6) is 6.88. The lowest BCUT2D eigenvalue weighted by molar-refractivity contribution is -0.147. The Labute approximate surface area is 248 Å². The molecule has 0 aromatic carbocycles. The first kappa shape index (κ1) is 29.6. The first-order valence-electron chi connectivity index (χ1n) is 15.6. The molecule has 0 radical (unpaired) electrons. The van der Waals surface area contributed by atoms with Gasteiger partial charge in [-0.3, -0.25) is 4.99 Å². The molecule has 3 saturated carbocycles. The van der Waals surface area contributed by atoms with Crippen LogP contribution in [-0.4, -0.2) is 102 Å². The highest BCUT2D eigenvalue weighted by Gasteiger charge is 2.76. The van der Waals surface area contributed by atoms with E-state index < -0.39 is 28.5 Å². The molecular formula is C32H46N4O6. The molecule has 9 atom stereocenters. The highest BCUT2D eigenvalue weighted by molar-refractivity contribution is 5.92. The van der Waals surface area contributed by atoms with Gasteiger partial charge in [0.05, 0.1) is 37.5 Å². The Kier molecular flexibility index (Phi) is 7.94. The lowest BCUT2D eigenvalue weighted by Gasteiger charge is -2.62. The molecule has 0 aromatic heterocycles. The lowest BCUT2D eigenvalue weighted by atomic mass is 9.44. The Balaban J connectivity index is 1.49. The van der Waals surface area contributed by atoms with Crippen LogP contribution in [0.25, 0.3) is 0 Å². The highest BCUT2D eigenvalue weighted by Crippen LogP contribution is 2.78. The molecule has 2 heterocycles. The molecule has 0 amide bonds. The molecule has 10 nitrogen and oxygen atoms in total. The first-order chi connectivity index (χ1) is 20.2. The van der Waals surface area contributed by atoms with Crippen molar-refractivity contribution < 1.29 is 30.0 Å². The third-order valence-corrected chi connectivity index (χ3v) is 11.4. The van der Waals surface area contributed by atoms with Gasteiger partial charge in [0.1, 0.15) is 5.60 Å². The van der Waals surface area contributed by atoms with E-state index in [1.54, 1.807) is 7.05 Å². The van der Waals surface area contributed by atoms with E-state index in [1.165, 1.54) is 0 Å². The van der Waals surface area contributed by atoms with Gasteiger partial charge in [0, 0.05) is 49.6 Å². The number of rotatable bonds is 8. The van der Waals surface area contributed by atoms with Gasteiger partial charge >= 0.3 is 5.97 Å². The second kappa shape index (κ2) is 11.3. The zero-order valence-corrected chi connectivity index (χ0v) is 24.8. The van der Waals surface area contributed by atoms with Crippen LogP contribution in [0.4, 0.5) is 0 Å². The molecule has 3 fully saturated rings. The average molecular weight is 583 g/mol. The largest absolute Gasteiger partial charge is 0.478 e. The van der Waals surface area contributed by atoms with Crippen LogP contribution in [0.3, 0.4) is 0 Å². The van der Waals surface area contributed by atoms with Crippen molar-refractivity contribution in [2.75, 3.05) is 46.4 Å². The maximum atomic E-state index is 13.1. The Hall–Kier alpha value is -2.42. The van der Waals surface area contributed by atoms with Gasteiger partial charge in [0.2, 0.25) is 0 Å². The minimum atomic E-state index is -1.64. The van der Waals surface area contributed by atoms with Crippen molar-refractivity contribution in [3.05, 3.63) is 23.4 Å². The number of carbonyl (C=O) groups is 1. The number of carboxylic acids is 1. The van der Waals surface area contributed by atoms with Crippen molar-refractivity contribution in [3.63, 3.8) is 0 Å². The second-order valence-corrected chi connectivity index (χ2v) is 13.4. The summed E-state index contributed by atoms with van der Waals surface area (Å²) in [5.41, 5.74) is -1.67. The Morgan fingerprint density at radius 3 is 2.90 bits per heavy atom. The summed E-state index contributed by atoms with van der Waals surface area (Å²) in [6.45, 7) is 4.39. The number of carboxylic acid groups (broad SMARTS) is 1. The van der Waals surface area contributed by atoms with Crippen molar-refractivity contribution in [2.24, 2.45) is 39.5 Å². The summed E-state index contributed by atoms with van der Waals surface area (Å²) in [4.78, 5) is 19.8. The van der Waals surface area contributed by atoms with E-state index in [0.717, 1.165) is 37.2 Å². The van der Waals surface area contributed by atoms with Crippen molar-refractivity contribution in [1.82, 2.24) is 15.5 Å². The Morgan fingerprint density at radius 2 is 2.17 bits per heavy atom. The number of nitrogens with one attached hydrogen (secondary N) is 2. The second-order valence-electron chi connectivity index (χ2n) is 13.4. The highest BCUT2D eigenvalue weighted by atomic mass is 16.5. The molecule has 42 heavy (non-hydrogen) atoms. The number of hydrogen-bond acceptors (Lipinski definition) is 7. The fraction of sp³-hybridized carbons (Fsp3) is 0.750. The molecule has 6 N–H and O–H groups in total. The smallest absolute Gasteiger partial charge is 0.334 e. The van der Waals surface area contributed by atoms with Gasteiger partial charge < -0.3 is 40.7 Å². The number of allylic oxidation sites excluding steroid dienone is 1. The third-order valence-electron chi connectivity index (χ3n) is 11.4. The van der Waals surface area contributed by atoms with E-state index in [2.05, 4.69) is 51.6 Å². The predicted octanol–water partition coefficient (Wildman–Crippen LogP) is 1.09. The van der Waals surface area contributed by atoms with Gasteiger partial charge in [-0.15, -0.1) is 0 Å². The summed E-state index contributed by atoms with van der Waals surface area (Å²) < 4.78 is 6.26. The molecular weight excluding hydrogens is 536 g/mol. The summed E-state index contributed by atoms with van der Waals surface area (Å²) in [7, 11) is 1.76. The zero-order chi connectivity index (χ0) is 29.7. The fourth-order valence-corrected chi connectivity index (χ4v) is 9.98. The van der Waals surface area contributed by atoms with Crippen LogP contribution in [0.2, 0.25) is 0 Å². The molecule has 9 unspecified atom stereocenters. The van der Waals surface area contributed by atoms with E-state index in [0.29, 0.717) is 39.0 Å². The predicted molar refractivity (Wildman–Crippen MR) is 157 cm³/mol. The molecule has 0 saturated heterocycles. The quantitative estimate of drug-likeness (QED) is 0.183. The normalized spacial score (nSPS) is 43.1. The van der Waals surface area contributed by atoms with Crippen LogP contribution < -0.4 is 10.6 Å². The topological polar surface area (TPSA) is 147 Å². The van der Waals surface area contributed by atoms with Crippen LogP contribution in [-0.2, 0) is 9.53 Å². The van der Waals surface area contributed by atoms with Gasteiger partial charge in [0.25, 0.3) is 0 Å². The summed E-state index contributed by atoms with van der Waals surface area (Å²) >= 11 is 0. The van der Waals surface area contributed by atoms with Gasteiger partial charge in [-0.05, 0) is 68.3 Å². The molecule has 0 aromatic rings. The van der Waals surface area contributed by atoms with Crippen molar-refractivity contribution in [3.8, 4) is 11.8 Å². The number of guanidine groups is 1. The molecule has 230 valence electrons. The van der Waals surface area contributed by atoms with Gasteiger partial charge in [-0.1, -0.05) is 24.8 Å². The molecule has 6 aliphatic rings. The van der Waals surface area contributed by atoms with E-state index in [4.69, 9.17) is 4.74 Å². The van der Waals surface area contributed by atoms with Crippen molar-refractivity contribution in [2.45, 2.75) is 69.7 Å². The van der Waals surface area contributed by atoms with Crippen LogP contribution in [0.5, 0.6) is 0 Å². The number of nitrogens with zero attached hydrogens (tertiary/aromatic N) is 2. The minimum Gasteiger partial charge on any atom is -0.478 e. The SMILES string of the molecule is CN=C1NCC#CC2CC(C)C34CC(O)(COC5CCCC(O)C5)C(C(=O)O)=C3CC2C42CN1C=CC2CNCCO. The molecule has 10 heteroatoms. The molecule has 2 spiro atoms. The molecule has 5 bridgehead atoms. The van der Waals surface area contributed by atoms with Gasteiger partial charge in [0.15, 0.2) is 5.96 Å². The van der Waals surface area contributed by atoms with E-state index in [-0.39, 0.29) is 55.0 Å². The number of aliphatic hydroxyl groups excluding tert-OH is 2. The van der Waals surface area contributed by atoms with E-state index in [1.807, 2.05) is 0 Å². The zero-order valence-electron chi connectivity index (χ0n) is 24.8. The number of ether oxygens (including phenoxy) is 1. The summed E-state index contributed by atoms with van der Waals surface area (Å²) in [6.07, 6.45) is 8.29. The molecule has 4 aliphatic carbocycles. The van der Waals surface area contributed by atoms with Crippen LogP contribution in [0.1, 0.15) is 51.9 Å². The number of fused-ring (bicyclic) bond motifs is 1. The maximum absolute atomic E-state index is 13.1. The van der Waals surface area contributed by atoms with Gasteiger partial charge in [-0.2, -0.15) is 0 Å². The third kappa shape index (κ3) is 4.43. The molecule has 2 aliphatic heterocycles. The lowest BCUT2D eigenvalue weighted by Crippen LogP contribution is -2.64. The average Bonchev–Trinajstić information content (AvgIpc) is 3.33. The molecule has 6 rings (SSSR count). The Morgan fingerprint density at radius 1 is 1.33 bits per heavy atom. The maximum Gasteiger partial charge on any atom is 0.334 e. The van der Waals surface area contributed by atoms with Crippen LogP contribution >= 0.6 is 0 Å². The number of hydrogen-bond donors (Lipinski definition) is 6. The van der Waals surface area contributed by atoms with Crippen molar-refractivity contribution in [1.29, 1.82) is 0 Å². The van der Waals surface area contributed by atoms with Gasteiger partial charge in [-0.25, -0.2) is 4.79 Å². The van der Waals surface area contributed by atoms with E-state index in [9.17, 15) is 25.2 Å². The van der Waals surface area contributed by atoms with Crippen molar-refractivity contribution >= 4 is 11.9 Å². The Bertz CT molecular complexity index is 1240. The minimum absolute atomic E-state index is 0.0270. The van der Waals surface area contributed by atoms with Crippen LogP contribution in [0.15, 0.2) is 28.4 Å². The monoisotopic (exact) mass is 582 g/mol. The summed E-state index contributed by atoms with van der Waals surface area (Å²) in [5, 5.41) is 49.7. The van der Waals surface area contributed by atoms with Crippen LogP contribution in [0, 0.1) is 46.3 Å². The number of aliphatic hydroxyl groups is 3. The summed E-state index contributed by atoms with van der Waals surface area (Å²) in [6, 6.07) is 0. The standard InChI is InChI=1S/C32H46N4O6/c1-20-13-21-5-4-9-35-29(33-2)36-11-8-22(16-34-10-12-37)32(18-36)25(21)15-26-27(28(39)40)30(41,17-31(20,26)32)19-42-24-7-3-6-23(38)14-24/h8,11,20-25,34,37-38,41H,3,6-7,9-10,12-19H2,1-2H3,(H,33,35)(H,39,40). The number of aliphatic carboxylic acids is 1. The fourth-order valence-electron chi connectivity index (χ4n) is 9.98. The van der Waals surface area contributed by atoms with E-state index >= 15 is 0 Å².